The van der Waals surface area contributed by atoms with Crippen molar-refractivity contribution in [2.45, 2.75) is 91.5 Å². The molecule has 1 aromatic carbocycles. The first-order valence-corrected chi connectivity index (χ1v) is 13.4. The van der Waals surface area contributed by atoms with Crippen molar-refractivity contribution in [1.29, 1.82) is 5.26 Å². The van der Waals surface area contributed by atoms with E-state index in [-0.39, 0.29) is 11.8 Å². The van der Waals surface area contributed by atoms with E-state index in [0.717, 1.165) is 10.1 Å². The normalized spacial score (nSPS) is 11.9. The number of nitrogens with zero attached hydrogens (tertiary/aromatic N) is 3. The van der Waals surface area contributed by atoms with Gasteiger partial charge in [-0.3, -0.25) is 19.3 Å². The van der Waals surface area contributed by atoms with Gasteiger partial charge in [0.2, 0.25) is 0 Å². The Hall–Kier alpha value is -3.89. The second-order valence-corrected chi connectivity index (χ2v) is 10.7. The maximum absolute atomic E-state index is 11.7. The Labute approximate surface area is 250 Å². The van der Waals surface area contributed by atoms with Gasteiger partial charge in [0.15, 0.2) is 0 Å². The van der Waals surface area contributed by atoms with Gasteiger partial charge in [0.05, 0.1) is 25.9 Å². The summed E-state index contributed by atoms with van der Waals surface area (Å²) in [7, 11) is 5.75. The lowest BCUT2D eigenvalue weighted by molar-refractivity contribution is -0.171. The van der Waals surface area contributed by atoms with Gasteiger partial charge >= 0.3 is 12.2 Å². The van der Waals surface area contributed by atoms with Gasteiger partial charge in [-0.25, -0.2) is 19.7 Å². The van der Waals surface area contributed by atoms with Crippen molar-refractivity contribution in [1.82, 2.24) is 20.8 Å². The van der Waals surface area contributed by atoms with Crippen molar-refractivity contribution in [3.63, 3.8) is 0 Å². The second-order valence-electron chi connectivity index (χ2n) is 10.7. The highest BCUT2D eigenvalue weighted by Gasteiger charge is 2.26. The summed E-state index contributed by atoms with van der Waals surface area (Å²) in [5.41, 5.74) is -0.454. The first-order valence-electron chi connectivity index (χ1n) is 13.4. The predicted octanol–water partition coefficient (Wildman–Crippen LogP) is 4.18. The lowest BCUT2D eigenvalue weighted by atomic mass is 10.2. The summed E-state index contributed by atoms with van der Waals surface area (Å²) in [5, 5.41) is 15.4. The number of hydroxylamine groups is 4. The monoisotopic (exact) mass is 595 g/mol. The van der Waals surface area contributed by atoms with Crippen LogP contribution in [0.1, 0.15) is 73.8 Å². The molecule has 4 amide bonds. The van der Waals surface area contributed by atoms with E-state index in [2.05, 4.69) is 10.6 Å². The summed E-state index contributed by atoms with van der Waals surface area (Å²) in [5.74, 6) is -0.637. The third-order valence-corrected chi connectivity index (χ3v) is 4.87. The van der Waals surface area contributed by atoms with E-state index >= 15 is 0 Å². The van der Waals surface area contributed by atoms with Gasteiger partial charge in [-0.2, -0.15) is 5.26 Å². The summed E-state index contributed by atoms with van der Waals surface area (Å²) in [4.78, 5) is 56.0. The molecule has 0 radical (unpaired) electrons. The molecular weight excluding hydrogens is 546 g/mol. The van der Waals surface area contributed by atoms with Gasteiger partial charge in [-0.15, -0.1) is 0 Å². The highest BCUT2D eigenvalue weighted by Crippen LogP contribution is 2.09. The Bertz CT molecular complexity index is 944. The minimum absolute atomic E-state index is 0.319. The number of hydrogen-bond acceptors (Lipinski definition) is 9. The molecule has 0 aliphatic rings. The highest BCUT2D eigenvalue weighted by molar-refractivity contribution is 5.85. The van der Waals surface area contributed by atoms with E-state index in [1.54, 1.807) is 67.5 Å². The fourth-order valence-corrected chi connectivity index (χ4v) is 2.71. The van der Waals surface area contributed by atoms with Gasteiger partial charge in [0, 0.05) is 14.1 Å². The Morgan fingerprint density at radius 1 is 0.762 bits per heavy atom. The lowest BCUT2D eigenvalue weighted by Crippen LogP contribution is -2.48. The average molecular weight is 596 g/mol. The highest BCUT2D eigenvalue weighted by atomic mass is 16.7. The van der Waals surface area contributed by atoms with Crippen LogP contribution < -0.4 is 10.6 Å². The van der Waals surface area contributed by atoms with Crippen molar-refractivity contribution >= 4 is 24.0 Å². The molecule has 2 N–H and O–H groups in total. The van der Waals surface area contributed by atoms with Gasteiger partial charge in [-0.1, -0.05) is 32.0 Å². The van der Waals surface area contributed by atoms with Crippen LogP contribution in [0, 0.1) is 11.3 Å². The van der Waals surface area contributed by atoms with Crippen LogP contribution in [0.2, 0.25) is 0 Å². The Balaban J connectivity index is 0. The van der Waals surface area contributed by atoms with E-state index in [1.807, 2.05) is 24.3 Å². The molecule has 238 valence electrons. The number of hydrogen-bond donors (Lipinski definition) is 2. The molecule has 13 heteroatoms. The summed E-state index contributed by atoms with van der Waals surface area (Å²) in [6, 6.07) is 9.88. The molecule has 0 saturated carbocycles. The third kappa shape index (κ3) is 19.2. The fraction of sp³-hybridized carbons (Fsp3) is 0.621. The number of nitrogens with one attached hydrogen (secondary N) is 2. The van der Waals surface area contributed by atoms with E-state index in [1.165, 1.54) is 28.3 Å². The standard InChI is InChI=1S/2C11H22N2O4.C7H5N/c2*1-7-8(9(14)13(5)16-6)12-10(15)17-11(2,3)4;8-6-7-4-2-1-3-5-7/h2*8H,7H2,1-6H3,(H,12,15);1-5H/t2*8-;/m00./s1. The van der Waals surface area contributed by atoms with Crippen LogP contribution in [-0.2, 0) is 28.7 Å². The number of benzene rings is 1. The molecular formula is C29H49N5O8. The molecule has 2 atom stereocenters. The van der Waals surface area contributed by atoms with Crippen LogP contribution in [0.15, 0.2) is 30.3 Å². The number of nitriles is 1. The largest absolute Gasteiger partial charge is 0.444 e. The zero-order chi connectivity index (χ0) is 33.1. The molecule has 0 aliphatic carbocycles. The minimum atomic E-state index is -0.644. The molecule has 0 aromatic heterocycles. The molecule has 0 fully saturated rings. The van der Waals surface area contributed by atoms with Crippen LogP contribution in [0.25, 0.3) is 0 Å². The minimum Gasteiger partial charge on any atom is -0.444 e. The molecule has 42 heavy (non-hydrogen) atoms. The number of ether oxygens (including phenoxy) is 2. The second kappa shape index (κ2) is 20.1. The van der Waals surface area contributed by atoms with E-state index < -0.39 is 35.5 Å². The zero-order valence-corrected chi connectivity index (χ0v) is 27.1. The fourth-order valence-electron chi connectivity index (χ4n) is 2.71. The molecule has 0 aliphatic heterocycles. The van der Waals surface area contributed by atoms with Crippen LogP contribution in [0.4, 0.5) is 9.59 Å². The molecule has 0 saturated heterocycles. The third-order valence-electron chi connectivity index (χ3n) is 4.87. The van der Waals surface area contributed by atoms with Crippen LogP contribution >= 0.6 is 0 Å². The molecule has 0 heterocycles. The Morgan fingerprint density at radius 3 is 1.31 bits per heavy atom. The van der Waals surface area contributed by atoms with Crippen LogP contribution in [0.3, 0.4) is 0 Å². The summed E-state index contributed by atoms with van der Waals surface area (Å²) < 4.78 is 10.1. The molecule has 0 spiro atoms. The first-order chi connectivity index (χ1) is 19.3. The van der Waals surface area contributed by atoms with Crippen molar-refractivity contribution in [3.8, 4) is 6.07 Å². The maximum Gasteiger partial charge on any atom is 0.408 e. The maximum atomic E-state index is 11.7. The van der Waals surface area contributed by atoms with E-state index in [4.69, 9.17) is 24.4 Å². The SMILES string of the molecule is CC[C@H](NC(=O)OC(C)(C)C)C(=O)N(C)OC.CC[C@H](NC(=O)OC(C)(C)C)C(=O)N(C)OC.N#Cc1ccccc1. The van der Waals surface area contributed by atoms with Crippen LogP contribution in [-0.4, -0.2) is 85.7 Å². The number of amides is 4. The van der Waals surface area contributed by atoms with Gasteiger partial charge in [-0.05, 0) is 66.5 Å². The summed E-state index contributed by atoms with van der Waals surface area (Å²) in [6.45, 7) is 14.2. The van der Waals surface area contributed by atoms with E-state index in [9.17, 15) is 19.2 Å². The summed E-state index contributed by atoms with van der Waals surface area (Å²) in [6.07, 6.45) is -0.290. The number of rotatable bonds is 8. The molecule has 1 aromatic rings. The van der Waals surface area contributed by atoms with Crippen LogP contribution in [0.5, 0.6) is 0 Å². The van der Waals surface area contributed by atoms with Crippen molar-refractivity contribution < 1.29 is 38.3 Å². The number of carbonyl (C=O) groups is 4. The van der Waals surface area contributed by atoms with Crippen molar-refractivity contribution in [2.24, 2.45) is 0 Å². The number of alkyl carbamates (subject to hydrolysis) is 2. The number of likely N-dealkylation sites (N-methyl/N-ethyl adjacent to an activating group) is 2. The Morgan fingerprint density at radius 2 is 1.10 bits per heavy atom. The van der Waals surface area contributed by atoms with E-state index in [0.29, 0.717) is 18.4 Å². The molecule has 13 nitrogen and oxygen atoms in total. The topological polar surface area (TPSA) is 160 Å². The smallest absolute Gasteiger partial charge is 0.408 e. The lowest BCUT2D eigenvalue weighted by Gasteiger charge is -2.24. The van der Waals surface area contributed by atoms with Gasteiger partial charge < -0.3 is 20.1 Å². The molecule has 0 unspecified atom stereocenters. The quantitative estimate of drug-likeness (QED) is 0.420. The summed E-state index contributed by atoms with van der Waals surface area (Å²) >= 11 is 0. The van der Waals surface area contributed by atoms with Crippen molar-refractivity contribution in [2.75, 3.05) is 28.3 Å². The number of carbonyl (C=O) groups excluding carboxylic acids is 4. The molecule has 0 bridgehead atoms. The zero-order valence-electron chi connectivity index (χ0n) is 27.1. The predicted molar refractivity (Wildman–Crippen MR) is 158 cm³/mol. The first kappa shape index (κ1) is 40.2. The van der Waals surface area contributed by atoms with Gasteiger partial charge in [0.25, 0.3) is 11.8 Å². The van der Waals surface area contributed by atoms with Crippen molar-refractivity contribution in [3.05, 3.63) is 35.9 Å². The molecule has 1 rings (SSSR count). The Kier molecular flexibility index (Phi) is 19.2. The van der Waals surface area contributed by atoms with Gasteiger partial charge in [0.1, 0.15) is 23.3 Å². The average Bonchev–Trinajstić information content (AvgIpc) is 2.92.